The van der Waals surface area contributed by atoms with Crippen molar-refractivity contribution in [2.45, 2.75) is 18.8 Å². The van der Waals surface area contributed by atoms with Crippen LogP contribution in [0.2, 0.25) is 0 Å². The molecule has 3 heteroatoms. The van der Waals surface area contributed by atoms with Gasteiger partial charge in [0, 0.05) is 5.41 Å². The van der Waals surface area contributed by atoms with Crippen LogP contribution >= 0.6 is 0 Å². The van der Waals surface area contributed by atoms with Crippen molar-refractivity contribution in [2.75, 3.05) is 13.2 Å². The largest absolute Gasteiger partial charge is 0.395 e. The van der Waals surface area contributed by atoms with Crippen LogP contribution in [0.25, 0.3) is 0 Å². The van der Waals surface area contributed by atoms with Crippen LogP contribution in [-0.2, 0) is 5.41 Å². The maximum Gasteiger partial charge on any atom is 0.123 e. The average Bonchev–Trinajstić information content (AvgIpc) is 2.19. The number of aliphatic hydroxyl groups is 1. The molecule has 78 valence electrons. The van der Waals surface area contributed by atoms with Gasteiger partial charge in [0.15, 0.2) is 0 Å². The zero-order valence-electron chi connectivity index (χ0n) is 8.33. The van der Waals surface area contributed by atoms with Gasteiger partial charge in [0.1, 0.15) is 5.82 Å². The molecule has 1 aromatic rings. The molecule has 0 saturated heterocycles. The molecule has 1 rings (SSSR count). The molecule has 0 aliphatic rings. The smallest absolute Gasteiger partial charge is 0.123 e. The summed E-state index contributed by atoms with van der Waals surface area (Å²) in [6, 6.07) is 6.20. The molecular weight excluding hydrogens is 181 g/mol. The van der Waals surface area contributed by atoms with Crippen LogP contribution in [-0.4, -0.2) is 18.3 Å². The van der Waals surface area contributed by atoms with Crippen LogP contribution < -0.4 is 5.73 Å². The van der Waals surface area contributed by atoms with Gasteiger partial charge >= 0.3 is 0 Å². The zero-order chi connectivity index (χ0) is 10.6. The Morgan fingerprint density at radius 1 is 1.36 bits per heavy atom. The highest BCUT2D eigenvalue weighted by molar-refractivity contribution is 5.25. The Morgan fingerprint density at radius 3 is 2.36 bits per heavy atom. The van der Waals surface area contributed by atoms with Crippen molar-refractivity contribution in [3.05, 3.63) is 35.6 Å². The summed E-state index contributed by atoms with van der Waals surface area (Å²) in [5.41, 5.74) is 6.04. The molecule has 0 aliphatic carbocycles. The van der Waals surface area contributed by atoms with Crippen molar-refractivity contribution in [3.8, 4) is 0 Å². The fourth-order valence-corrected chi connectivity index (χ4v) is 1.49. The van der Waals surface area contributed by atoms with E-state index in [0.717, 1.165) is 5.56 Å². The summed E-state index contributed by atoms with van der Waals surface area (Å²) in [5, 5.41) is 9.29. The van der Waals surface area contributed by atoms with Gasteiger partial charge in [0.25, 0.3) is 0 Å². The molecule has 0 bridgehead atoms. The molecule has 0 spiro atoms. The van der Waals surface area contributed by atoms with Crippen LogP contribution in [0.3, 0.4) is 0 Å². The predicted molar refractivity (Wildman–Crippen MR) is 54.5 cm³/mol. The Balaban J connectivity index is 2.94. The van der Waals surface area contributed by atoms with E-state index in [0.29, 0.717) is 13.0 Å². The first-order valence-electron chi connectivity index (χ1n) is 4.69. The fourth-order valence-electron chi connectivity index (χ4n) is 1.49. The van der Waals surface area contributed by atoms with Crippen molar-refractivity contribution in [1.29, 1.82) is 0 Å². The van der Waals surface area contributed by atoms with Gasteiger partial charge in [-0.15, -0.1) is 0 Å². The molecule has 2 nitrogen and oxygen atoms in total. The minimum absolute atomic E-state index is 0.0236. The second-order valence-electron chi connectivity index (χ2n) is 3.76. The molecule has 1 aromatic carbocycles. The van der Waals surface area contributed by atoms with Gasteiger partial charge in [0.05, 0.1) is 6.61 Å². The summed E-state index contributed by atoms with van der Waals surface area (Å²) < 4.78 is 12.7. The molecule has 0 saturated carbocycles. The summed E-state index contributed by atoms with van der Waals surface area (Å²) in [4.78, 5) is 0. The summed E-state index contributed by atoms with van der Waals surface area (Å²) in [6.07, 6.45) is 0.690. The van der Waals surface area contributed by atoms with E-state index in [9.17, 15) is 9.50 Å². The maximum absolute atomic E-state index is 12.7. The second-order valence-corrected chi connectivity index (χ2v) is 3.76. The highest BCUT2D eigenvalue weighted by Crippen LogP contribution is 2.26. The van der Waals surface area contributed by atoms with E-state index in [2.05, 4.69) is 0 Å². The normalized spacial score (nSPS) is 15.1. The highest BCUT2D eigenvalue weighted by Gasteiger charge is 2.24. The lowest BCUT2D eigenvalue weighted by Gasteiger charge is -2.27. The van der Waals surface area contributed by atoms with Gasteiger partial charge in [-0.3, -0.25) is 0 Å². The standard InChI is InChI=1S/C11H16FNO/c1-11(8-14,6-7-13)9-2-4-10(12)5-3-9/h2-5,14H,6-8,13H2,1H3. The Hall–Kier alpha value is -0.930. The van der Waals surface area contributed by atoms with E-state index in [1.165, 1.54) is 12.1 Å². The highest BCUT2D eigenvalue weighted by atomic mass is 19.1. The molecule has 0 heterocycles. The summed E-state index contributed by atoms with van der Waals surface area (Å²) >= 11 is 0. The van der Waals surface area contributed by atoms with Gasteiger partial charge in [-0.1, -0.05) is 19.1 Å². The lowest BCUT2D eigenvalue weighted by molar-refractivity contribution is 0.199. The van der Waals surface area contributed by atoms with E-state index in [4.69, 9.17) is 5.73 Å². The third-order valence-electron chi connectivity index (χ3n) is 2.59. The topological polar surface area (TPSA) is 46.2 Å². The van der Waals surface area contributed by atoms with Crippen molar-refractivity contribution in [2.24, 2.45) is 5.73 Å². The first-order valence-corrected chi connectivity index (χ1v) is 4.69. The molecule has 3 N–H and O–H groups in total. The van der Waals surface area contributed by atoms with E-state index in [1.54, 1.807) is 12.1 Å². The number of nitrogens with two attached hydrogens (primary N) is 1. The number of aliphatic hydroxyl groups excluding tert-OH is 1. The van der Waals surface area contributed by atoms with Crippen LogP contribution in [0.1, 0.15) is 18.9 Å². The number of halogens is 1. The minimum Gasteiger partial charge on any atom is -0.395 e. The number of hydrogen-bond donors (Lipinski definition) is 2. The monoisotopic (exact) mass is 197 g/mol. The van der Waals surface area contributed by atoms with Gasteiger partial charge in [-0.25, -0.2) is 4.39 Å². The minimum atomic E-state index is -0.359. The third kappa shape index (κ3) is 2.30. The van der Waals surface area contributed by atoms with Crippen molar-refractivity contribution in [3.63, 3.8) is 0 Å². The predicted octanol–water partition coefficient (Wildman–Crippen LogP) is 1.42. The maximum atomic E-state index is 12.7. The van der Waals surface area contributed by atoms with Crippen molar-refractivity contribution < 1.29 is 9.50 Å². The molecule has 0 aromatic heterocycles. The lowest BCUT2D eigenvalue weighted by atomic mass is 9.80. The molecule has 0 radical (unpaired) electrons. The third-order valence-corrected chi connectivity index (χ3v) is 2.59. The van der Waals surface area contributed by atoms with Crippen LogP contribution in [0.4, 0.5) is 4.39 Å². The van der Waals surface area contributed by atoms with Gasteiger partial charge in [-0.05, 0) is 30.7 Å². The molecule has 0 aliphatic heterocycles. The molecule has 14 heavy (non-hydrogen) atoms. The van der Waals surface area contributed by atoms with Crippen molar-refractivity contribution in [1.82, 2.24) is 0 Å². The average molecular weight is 197 g/mol. The number of rotatable bonds is 4. The Morgan fingerprint density at radius 2 is 1.93 bits per heavy atom. The molecule has 1 atom stereocenters. The summed E-state index contributed by atoms with van der Waals surface area (Å²) in [7, 11) is 0. The van der Waals surface area contributed by atoms with E-state index < -0.39 is 0 Å². The Kier molecular flexibility index (Phi) is 3.61. The second kappa shape index (κ2) is 4.53. The van der Waals surface area contributed by atoms with Crippen LogP contribution in [0.15, 0.2) is 24.3 Å². The molecular formula is C11H16FNO. The number of benzene rings is 1. The lowest BCUT2D eigenvalue weighted by Crippen LogP contribution is -2.29. The SMILES string of the molecule is CC(CO)(CCN)c1ccc(F)cc1. The van der Waals surface area contributed by atoms with Gasteiger partial charge in [-0.2, -0.15) is 0 Å². The fraction of sp³-hybridized carbons (Fsp3) is 0.455. The van der Waals surface area contributed by atoms with Crippen LogP contribution in [0, 0.1) is 5.82 Å². The van der Waals surface area contributed by atoms with Gasteiger partial charge in [0.2, 0.25) is 0 Å². The first kappa shape index (κ1) is 11.1. The summed E-state index contributed by atoms with van der Waals surface area (Å²) in [6.45, 7) is 2.46. The van der Waals surface area contributed by atoms with E-state index in [1.807, 2.05) is 6.92 Å². The van der Waals surface area contributed by atoms with Crippen LogP contribution in [0.5, 0.6) is 0 Å². The molecule has 0 fully saturated rings. The zero-order valence-corrected chi connectivity index (χ0v) is 8.33. The Labute approximate surface area is 83.6 Å². The van der Waals surface area contributed by atoms with Crippen molar-refractivity contribution >= 4 is 0 Å². The first-order chi connectivity index (χ1) is 6.62. The molecule has 0 amide bonds. The summed E-state index contributed by atoms with van der Waals surface area (Å²) in [5.74, 6) is -0.262. The molecule has 1 unspecified atom stereocenters. The van der Waals surface area contributed by atoms with E-state index in [-0.39, 0.29) is 17.8 Å². The van der Waals surface area contributed by atoms with E-state index >= 15 is 0 Å². The van der Waals surface area contributed by atoms with Gasteiger partial charge < -0.3 is 10.8 Å². The number of hydrogen-bond acceptors (Lipinski definition) is 2. The Bertz CT molecular complexity index is 286. The quantitative estimate of drug-likeness (QED) is 0.767.